The average Bonchev–Trinajstić information content (AvgIpc) is 2.26. The third-order valence-corrected chi connectivity index (χ3v) is 2.31. The summed E-state index contributed by atoms with van der Waals surface area (Å²) in [5, 5.41) is 9.28. The summed E-state index contributed by atoms with van der Waals surface area (Å²) in [4.78, 5) is 34.6. The molecular formula is C12H15N3O4. The second kappa shape index (κ2) is 6.39. The lowest BCUT2D eigenvalue weighted by atomic mass is 10.1. The van der Waals surface area contributed by atoms with Crippen LogP contribution in [0.1, 0.15) is 5.56 Å². The molecule has 0 heterocycles. The summed E-state index contributed by atoms with van der Waals surface area (Å²) in [6, 6.07) is 6.12. The van der Waals surface area contributed by atoms with E-state index in [2.05, 4.69) is 0 Å². The molecule has 1 aromatic carbocycles. The molecule has 0 spiro atoms. The van der Waals surface area contributed by atoms with E-state index in [1.54, 1.807) is 12.1 Å². The van der Waals surface area contributed by atoms with Crippen LogP contribution in [-0.2, 0) is 20.8 Å². The van der Waals surface area contributed by atoms with Crippen LogP contribution in [0.25, 0.3) is 0 Å². The minimum absolute atomic E-state index is 0.0293. The smallest absolute Gasteiger partial charge is 0.237 e. The first kappa shape index (κ1) is 14.5. The first-order valence-corrected chi connectivity index (χ1v) is 5.50. The van der Waals surface area contributed by atoms with E-state index in [1.165, 1.54) is 12.1 Å². The lowest BCUT2D eigenvalue weighted by Gasteiger charge is -2.19. The van der Waals surface area contributed by atoms with Crippen LogP contribution in [0.2, 0.25) is 0 Å². The van der Waals surface area contributed by atoms with E-state index in [4.69, 9.17) is 11.5 Å². The molecule has 3 amide bonds. The molecule has 0 aromatic heterocycles. The van der Waals surface area contributed by atoms with Gasteiger partial charge in [0.05, 0.1) is 19.5 Å². The second-order valence-corrected chi connectivity index (χ2v) is 4.03. The number of phenols is 1. The van der Waals surface area contributed by atoms with Gasteiger partial charge in [-0.05, 0) is 17.7 Å². The number of nitrogens with zero attached hydrogens (tertiary/aromatic N) is 1. The van der Waals surface area contributed by atoms with Crippen molar-refractivity contribution >= 4 is 17.7 Å². The third-order valence-electron chi connectivity index (χ3n) is 2.31. The van der Waals surface area contributed by atoms with E-state index in [0.29, 0.717) is 5.56 Å². The zero-order valence-corrected chi connectivity index (χ0v) is 10.2. The molecule has 7 nitrogen and oxygen atoms in total. The van der Waals surface area contributed by atoms with Gasteiger partial charge in [-0.3, -0.25) is 14.4 Å². The zero-order chi connectivity index (χ0) is 14.4. The maximum absolute atomic E-state index is 11.9. The quantitative estimate of drug-likeness (QED) is 0.592. The van der Waals surface area contributed by atoms with Gasteiger partial charge in [0, 0.05) is 0 Å². The van der Waals surface area contributed by atoms with E-state index in [0.717, 1.165) is 4.90 Å². The number of rotatable bonds is 6. The number of carbonyl (C=O) groups excluding carboxylic acids is 3. The number of amides is 3. The number of phenolic OH excluding ortho intramolecular Hbond substituents is 1. The molecule has 1 rings (SSSR count). The Morgan fingerprint density at radius 2 is 1.68 bits per heavy atom. The summed E-state index contributed by atoms with van der Waals surface area (Å²) in [6.45, 7) is -0.749. The van der Waals surface area contributed by atoms with E-state index in [1.807, 2.05) is 0 Å². The van der Waals surface area contributed by atoms with Gasteiger partial charge in [-0.25, -0.2) is 0 Å². The Bertz CT molecular complexity index is 486. The first-order valence-electron chi connectivity index (χ1n) is 5.50. The molecule has 7 heteroatoms. The Balaban J connectivity index is 2.76. The molecule has 102 valence electrons. The van der Waals surface area contributed by atoms with Crippen LogP contribution >= 0.6 is 0 Å². The Hall–Kier alpha value is -2.57. The monoisotopic (exact) mass is 265 g/mol. The maximum atomic E-state index is 11.9. The Kier molecular flexibility index (Phi) is 4.87. The van der Waals surface area contributed by atoms with E-state index >= 15 is 0 Å². The predicted molar refractivity (Wildman–Crippen MR) is 66.8 cm³/mol. The molecule has 1 aromatic rings. The highest BCUT2D eigenvalue weighted by Gasteiger charge is 2.18. The highest BCUT2D eigenvalue weighted by atomic mass is 16.3. The standard InChI is InChI=1S/C12H15N3O4/c13-10(17)6-15(7-11(14)18)12(19)5-8-2-1-3-9(16)4-8/h1-4,16H,5-7H2,(H2,13,17)(H2,14,18). The van der Waals surface area contributed by atoms with Crippen LogP contribution in [-0.4, -0.2) is 40.8 Å². The molecule has 0 aliphatic carbocycles. The number of aromatic hydroxyl groups is 1. The summed E-state index contributed by atoms with van der Waals surface area (Å²) in [5.74, 6) is -1.90. The lowest BCUT2D eigenvalue weighted by Crippen LogP contribution is -2.43. The summed E-state index contributed by atoms with van der Waals surface area (Å²) in [6.07, 6.45) is -0.0606. The van der Waals surface area contributed by atoms with Gasteiger partial charge in [0.2, 0.25) is 17.7 Å². The van der Waals surface area contributed by atoms with Gasteiger partial charge in [-0.15, -0.1) is 0 Å². The molecule has 0 aliphatic heterocycles. The Labute approximate surface area is 109 Å². The zero-order valence-electron chi connectivity index (χ0n) is 10.2. The van der Waals surface area contributed by atoms with Crippen LogP contribution in [0, 0.1) is 0 Å². The van der Waals surface area contributed by atoms with Crippen molar-refractivity contribution in [2.24, 2.45) is 11.5 Å². The number of nitrogens with two attached hydrogens (primary N) is 2. The maximum Gasteiger partial charge on any atom is 0.237 e. The van der Waals surface area contributed by atoms with E-state index < -0.39 is 17.7 Å². The minimum Gasteiger partial charge on any atom is -0.508 e. The third kappa shape index (κ3) is 5.07. The van der Waals surface area contributed by atoms with E-state index in [9.17, 15) is 19.5 Å². The van der Waals surface area contributed by atoms with Crippen molar-refractivity contribution in [3.63, 3.8) is 0 Å². The van der Waals surface area contributed by atoms with Crippen LogP contribution in [0.15, 0.2) is 24.3 Å². The summed E-state index contributed by atoms with van der Waals surface area (Å²) >= 11 is 0. The molecule has 0 aliphatic rings. The second-order valence-electron chi connectivity index (χ2n) is 4.03. The van der Waals surface area contributed by atoms with Crippen molar-refractivity contribution in [2.45, 2.75) is 6.42 Å². The van der Waals surface area contributed by atoms with Crippen LogP contribution in [0.3, 0.4) is 0 Å². The van der Waals surface area contributed by atoms with Gasteiger partial charge in [-0.1, -0.05) is 12.1 Å². The molecule has 0 saturated heterocycles. The number of primary amides is 2. The number of hydrogen-bond donors (Lipinski definition) is 3. The summed E-state index contributed by atoms with van der Waals surface area (Å²) < 4.78 is 0. The van der Waals surface area contributed by atoms with Gasteiger partial charge in [-0.2, -0.15) is 0 Å². The molecule has 19 heavy (non-hydrogen) atoms. The fourth-order valence-corrected chi connectivity index (χ4v) is 1.56. The molecule has 0 fully saturated rings. The molecule has 0 saturated carbocycles. The fraction of sp³-hybridized carbons (Fsp3) is 0.250. The van der Waals surface area contributed by atoms with Crippen molar-refractivity contribution in [2.75, 3.05) is 13.1 Å². The molecule has 0 unspecified atom stereocenters. The van der Waals surface area contributed by atoms with Gasteiger partial charge < -0.3 is 21.5 Å². The van der Waals surface area contributed by atoms with Crippen molar-refractivity contribution in [1.82, 2.24) is 4.90 Å². The van der Waals surface area contributed by atoms with Crippen molar-refractivity contribution in [3.05, 3.63) is 29.8 Å². The van der Waals surface area contributed by atoms with Crippen LogP contribution in [0.4, 0.5) is 0 Å². The van der Waals surface area contributed by atoms with Gasteiger partial charge in [0.15, 0.2) is 0 Å². The Morgan fingerprint density at radius 1 is 1.11 bits per heavy atom. The summed E-state index contributed by atoms with van der Waals surface area (Å²) in [7, 11) is 0. The average molecular weight is 265 g/mol. The SMILES string of the molecule is NC(=O)CN(CC(N)=O)C(=O)Cc1cccc(O)c1. The predicted octanol–water partition coefficient (Wildman–Crippen LogP) is -1.27. The molecule has 0 atom stereocenters. The Morgan fingerprint density at radius 3 is 2.16 bits per heavy atom. The minimum atomic E-state index is -0.731. The summed E-state index contributed by atoms with van der Waals surface area (Å²) in [5.41, 5.74) is 10.6. The number of hydrogen-bond acceptors (Lipinski definition) is 4. The topological polar surface area (TPSA) is 127 Å². The van der Waals surface area contributed by atoms with E-state index in [-0.39, 0.29) is 25.3 Å². The number of carbonyl (C=O) groups is 3. The molecule has 0 radical (unpaired) electrons. The molecule has 0 bridgehead atoms. The van der Waals surface area contributed by atoms with Gasteiger partial charge in [0.1, 0.15) is 5.75 Å². The number of benzene rings is 1. The van der Waals surface area contributed by atoms with Gasteiger partial charge >= 0.3 is 0 Å². The van der Waals surface area contributed by atoms with Crippen LogP contribution in [0.5, 0.6) is 5.75 Å². The first-order chi connectivity index (χ1) is 8.88. The lowest BCUT2D eigenvalue weighted by molar-refractivity contribution is -0.137. The largest absolute Gasteiger partial charge is 0.508 e. The van der Waals surface area contributed by atoms with Crippen molar-refractivity contribution < 1.29 is 19.5 Å². The van der Waals surface area contributed by atoms with Gasteiger partial charge in [0.25, 0.3) is 0 Å². The molecule has 5 N–H and O–H groups in total. The van der Waals surface area contributed by atoms with Crippen LogP contribution < -0.4 is 11.5 Å². The van der Waals surface area contributed by atoms with Crippen molar-refractivity contribution in [1.29, 1.82) is 0 Å². The highest BCUT2D eigenvalue weighted by molar-refractivity contribution is 5.89. The van der Waals surface area contributed by atoms with Crippen molar-refractivity contribution in [3.8, 4) is 5.75 Å². The molecular weight excluding hydrogens is 250 g/mol. The fourth-order valence-electron chi connectivity index (χ4n) is 1.56. The normalized spacial score (nSPS) is 9.89. The highest BCUT2D eigenvalue weighted by Crippen LogP contribution is 2.12.